The molecule has 0 saturated carbocycles. The zero-order valence-corrected chi connectivity index (χ0v) is 15.5. The van der Waals surface area contributed by atoms with E-state index in [1.165, 1.54) is 18.3 Å². The number of amides is 1. The molecule has 142 valence electrons. The molecule has 28 heavy (non-hydrogen) atoms. The SMILES string of the molecule is CC(Oc1ccc(F)cc1F)C(=O)Nc1cccc(-c2cn3ccsc3n2)c1. The van der Waals surface area contributed by atoms with Crippen LogP contribution in [0.5, 0.6) is 5.75 Å². The van der Waals surface area contributed by atoms with Crippen LogP contribution in [-0.2, 0) is 4.79 Å². The van der Waals surface area contributed by atoms with Crippen molar-refractivity contribution in [3.63, 3.8) is 0 Å². The van der Waals surface area contributed by atoms with Gasteiger partial charge in [-0.2, -0.15) is 0 Å². The highest BCUT2D eigenvalue weighted by Crippen LogP contribution is 2.24. The molecule has 1 unspecified atom stereocenters. The fraction of sp³-hybridized carbons (Fsp3) is 0.100. The number of anilines is 1. The molecule has 0 aliphatic rings. The topological polar surface area (TPSA) is 55.6 Å². The molecule has 4 aromatic rings. The van der Waals surface area contributed by atoms with Crippen LogP contribution in [0.3, 0.4) is 0 Å². The molecule has 0 fully saturated rings. The molecule has 4 rings (SSSR count). The summed E-state index contributed by atoms with van der Waals surface area (Å²) in [6.45, 7) is 1.49. The molecule has 0 spiro atoms. The molecule has 0 radical (unpaired) electrons. The van der Waals surface area contributed by atoms with Gasteiger partial charge in [-0.3, -0.25) is 9.20 Å². The first-order chi connectivity index (χ1) is 13.5. The minimum absolute atomic E-state index is 0.184. The Kier molecular flexibility index (Phi) is 4.79. The largest absolute Gasteiger partial charge is 0.478 e. The van der Waals surface area contributed by atoms with Crippen LogP contribution in [-0.4, -0.2) is 21.4 Å². The monoisotopic (exact) mass is 399 g/mol. The third-order valence-electron chi connectivity index (χ3n) is 4.09. The zero-order valence-electron chi connectivity index (χ0n) is 14.7. The van der Waals surface area contributed by atoms with Gasteiger partial charge in [0.1, 0.15) is 5.82 Å². The van der Waals surface area contributed by atoms with Crippen LogP contribution in [0.25, 0.3) is 16.2 Å². The van der Waals surface area contributed by atoms with Gasteiger partial charge in [-0.25, -0.2) is 13.8 Å². The van der Waals surface area contributed by atoms with Crippen LogP contribution in [0.4, 0.5) is 14.5 Å². The number of thiazole rings is 1. The van der Waals surface area contributed by atoms with Crippen LogP contribution >= 0.6 is 11.3 Å². The van der Waals surface area contributed by atoms with E-state index in [0.29, 0.717) is 11.8 Å². The maximum atomic E-state index is 13.7. The molecule has 1 N–H and O–H groups in total. The van der Waals surface area contributed by atoms with Crippen molar-refractivity contribution in [2.24, 2.45) is 0 Å². The summed E-state index contributed by atoms with van der Waals surface area (Å²) in [5.41, 5.74) is 2.21. The predicted molar refractivity (Wildman–Crippen MR) is 104 cm³/mol. The molecule has 2 aromatic heterocycles. The Morgan fingerprint density at radius 1 is 1.25 bits per heavy atom. The van der Waals surface area contributed by atoms with Gasteiger partial charge in [0, 0.05) is 35.1 Å². The fourth-order valence-corrected chi connectivity index (χ4v) is 3.38. The molecule has 2 aromatic carbocycles. The zero-order chi connectivity index (χ0) is 19.7. The second-order valence-corrected chi connectivity index (χ2v) is 7.00. The maximum absolute atomic E-state index is 13.7. The Hall–Kier alpha value is -3.26. The molecule has 0 saturated heterocycles. The molecule has 0 bridgehead atoms. The van der Waals surface area contributed by atoms with Crippen LogP contribution in [0.1, 0.15) is 6.92 Å². The van der Waals surface area contributed by atoms with Crippen molar-refractivity contribution >= 4 is 27.9 Å². The van der Waals surface area contributed by atoms with Crippen molar-refractivity contribution in [1.82, 2.24) is 9.38 Å². The number of aromatic nitrogens is 2. The van der Waals surface area contributed by atoms with E-state index in [9.17, 15) is 13.6 Å². The van der Waals surface area contributed by atoms with Crippen LogP contribution in [0.15, 0.2) is 60.2 Å². The van der Waals surface area contributed by atoms with E-state index < -0.39 is 23.6 Å². The van der Waals surface area contributed by atoms with Gasteiger partial charge in [-0.05, 0) is 31.2 Å². The quantitative estimate of drug-likeness (QED) is 0.527. The number of ether oxygens (including phenoxy) is 1. The Labute approximate surface area is 163 Å². The molecule has 0 aliphatic heterocycles. The third-order valence-corrected chi connectivity index (χ3v) is 4.86. The minimum atomic E-state index is -0.971. The lowest BCUT2D eigenvalue weighted by molar-refractivity contribution is -0.122. The van der Waals surface area contributed by atoms with Gasteiger partial charge < -0.3 is 10.1 Å². The summed E-state index contributed by atoms with van der Waals surface area (Å²) in [6.07, 6.45) is 2.87. The lowest BCUT2D eigenvalue weighted by Crippen LogP contribution is -2.30. The summed E-state index contributed by atoms with van der Waals surface area (Å²) in [5, 5.41) is 4.69. The second kappa shape index (κ2) is 7.40. The first-order valence-electron chi connectivity index (χ1n) is 8.45. The first kappa shape index (κ1) is 18.1. The maximum Gasteiger partial charge on any atom is 0.265 e. The number of halogens is 2. The van der Waals surface area contributed by atoms with Crippen molar-refractivity contribution in [1.29, 1.82) is 0 Å². The van der Waals surface area contributed by atoms with E-state index in [-0.39, 0.29) is 5.75 Å². The third kappa shape index (κ3) is 3.72. The van der Waals surface area contributed by atoms with Gasteiger partial charge in [0.15, 0.2) is 22.6 Å². The molecule has 2 heterocycles. The molecule has 8 heteroatoms. The Morgan fingerprint density at radius 3 is 2.89 bits per heavy atom. The van der Waals surface area contributed by atoms with Crippen molar-refractivity contribution in [2.45, 2.75) is 13.0 Å². The van der Waals surface area contributed by atoms with Gasteiger partial charge in [-0.15, -0.1) is 11.3 Å². The highest BCUT2D eigenvalue weighted by atomic mass is 32.1. The van der Waals surface area contributed by atoms with Gasteiger partial charge in [0.2, 0.25) is 0 Å². The van der Waals surface area contributed by atoms with Gasteiger partial charge in [0.05, 0.1) is 5.69 Å². The molecular weight excluding hydrogens is 384 g/mol. The van der Waals surface area contributed by atoms with Crippen LogP contribution < -0.4 is 10.1 Å². The average Bonchev–Trinajstić information content (AvgIpc) is 3.26. The highest BCUT2D eigenvalue weighted by Gasteiger charge is 2.17. The van der Waals surface area contributed by atoms with Gasteiger partial charge >= 0.3 is 0 Å². The summed E-state index contributed by atoms with van der Waals surface area (Å²) in [4.78, 5) is 17.8. The number of fused-ring (bicyclic) bond motifs is 1. The van der Waals surface area contributed by atoms with E-state index in [2.05, 4.69) is 10.3 Å². The Balaban J connectivity index is 1.47. The molecular formula is C20H15F2N3O2S. The molecule has 1 amide bonds. The lowest BCUT2D eigenvalue weighted by atomic mass is 10.1. The van der Waals surface area contributed by atoms with E-state index in [4.69, 9.17) is 4.74 Å². The minimum Gasteiger partial charge on any atom is -0.478 e. The number of hydrogen-bond donors (Lipinski definition) is 1. The average molecular weight is 399 g/mol. The summed E-state index contributed by atoms with van der Waals surface area (Å²) in [5.74, 6) is -2.21. The number of imidazole rings is 1. The van der Waals surface area contributed by atoms with Crippen molar-refractivity contribution in [3.8, 4) is 17.0 Å². The molecule has 1 atom stereocenters. The molecule has 0 aliphatic carbocycles. The number of nitrogens with one attached hydrogen (secondary N) is 1. The number of nitrogens with zero attached hydrogens (tertiary/aromatic N) is 2. The Bertz CT molecular complexity index is 1130. The van der Waals surface area contributed by atoms with Crippen molar-refractivity contribution in [3.05, 3.63) is 71.9 Å². The van der Waals surface area contributed by atoms with Crippen LogP contribution in [0.2, 0.25) is 0 Å². The summed E-state index contributed by atoms with van der Waals surface area (Å²) >= 11 is 1.54. The summed E-state index contributed by atoms with van der Waals surface area (Å²) in [7, 11) is 0. The number of rotatable bonds is 5. The lowest BCUT2D eigenvalue weighted by Gasteiger charge is -2.15. The second-order valence-electron chi connectivity index (χ2n) is 6.12. The molecule has 5 nitrogen and oxygen atoms in total. The normalized spacial score (nSPS) is 12.1. The highest BCUT2D eigenvalue weighted by molar-refractivity contribution is 7.15. The van der Waals surface area contributed by atoms with Crippen molar-refractivity contribution in [2.75, 3.05) is 5.32 Å². The van der Waals surface area contributed by atoms with E-state index in [1.54, 1.807) is 12.1 Å². The smallest absolute Gasteiger partial charge is 0.265 e. The van der Waals surface area contributed by atoms with Gasteiger partial charge in [-0.1, -0.05) is 12.1 Å². The number of carbonyl (C=O) groups excluding carboxylic acids is 1. The van der Waals surface area contributed by atoms with Gasteiger partial charge in [0.25, 0.3) is 5.91 Å². The standard InChI is InChI=1S/C20H15F2N3O2S/c1-12(27-18-6-5-14(21)10-16(18)22)19(26)23-15-4-2-3-13(9-15)17-11-25-7-8-28-20(25)24-17/h2-12H,1H3,(H,23,26). The van der Waals surface area contributed by atoms with E-state index in [0.717, 1.165) is 28.4 Å². The Morgan fingerprint density at radius 2 is 2.11 bits per heavy atom. The number of carbonyl (C=O) groups is 1. The van der Waals surface area contributed by atoms with E-state index in [1.807, 2.05) is 34.3 Å². The predicted octanol–water partition coefficient (Wildman–Crippen LogP) is 4.75. The number of benzene rings is 2. The van der Waals surface area contributed by atoms with E-state index >= 15 is 0 Å². The number of hydrogen-bond acceptors (Lipinski definition) is 4. The van der Waals surface area contributed by atoms with Crippen LogP contribution in [0, 0.1) is 11.6 Å². The van der Waals surface area contributed by atoms with Crippen molar-refractivity contribution < 1.29 is 18.3 Å². The first-order valence-corrected chi connectivity index (χ1v) is 9.33. The fourth-order valence-electron chi connectivity index (χ4n) is 2.68. The summed E-state index contributed by atoms with van der Waals surface area (Å²) in [6, 6.07) is 10.2. The summed E-state index contributed by atoms with van der Waals surface area (Å²) < 4.78 is 33.9.